The van der Waals surface area contributed by atoms with Crippen molar-refractivity contribution in [2.24, 2.45) is 5.41 Å². The molecule has 1 N–H and O–H groups in total. The Hall–Kier alpha value is -0.0800. The van der Waals surface area contributed by atoms with Crippen molar-refractivity contribution < 1.29 is 0 Å². The van der Waals surface area contributed by atoms with Crippen LogP contribution in [0.15, 0.2) is 0 Å². The van der Waals surface area contributed by atoms with Gasteiger partial charge in [0.25, 0.3) is 0 Å². The lowest BCUT2D eigenvalue weighted by molar-refractivity contribution is 0.161. The number of nitrogens with one attached hydrogen (secondary N) is 1. The molecule has 2 fully saturated rings. The lowest BCUT2D eigenvalue weighted by Gasteiger charge is -2.32. The second-order valence-corrected chi connectivity index (χ2v) is 4.77. The third-order valence-corrected chi connectivity index (χ3v) is 3.72. The first-order valence-corrected chi connectivity index (χ1v) is 5.08. The monoisotopic (exact) mass is 168 g/mol. The van der Waals surface area contributed by atoms with Crippen LogP contribution >= 0.6 is 0 Å². The fourth-order valence-corrected chi connectivity index (χ4v) is 2.40. The Morgan fingerprint density at radius 3 is 2.58 bits per heavy atom. The van der Waals surface area contributed by atoms with E-state index in [1.165, 1.54) is 25.9 Å². The first kappa shape index (κ1) is 8.52. The van der Waals surface area contributed by atoms with Crippen LogP contribution < -0.4 is 5.32 Å². The number of hydrogen-bond acceptors (Lipinski definition) is 2. The van der Waals surface area contributed by atoms with Gasteiger partial charge >= 0.3 is 0 Å². The maximum atomic E-state index is 3.52. The maximum absolute atomic E-state index is 3.52. The van der Waals surface area contributed by atoms with E-state index in [9.17, 15) is 0 Å². The van der Waals surface area contributed by atoms with Gasteiger partial charge in [-0.1, -0.05) is 0 Å². The van der Waals surface area contributed by atoms with Gasteiger partial charge in [-0.15, -0.1) is 0 Å². The number of rotatable bonds is 2. The van der Waals surface area contributed by atoms with Crippen molar-refractivity contribution in [1.82, 2.24) is 10.2 Å². The molecule has 1 spiro atoms. The molecule has 1 unspecified atom stereocenters. The Morgan fingerprint density at radius 1 is 1.42 bits per heavy atom. The largest absolute Gasteiger partial charge is 0.315 e. The molecule has 0 aromatic heterocycles. The summed E-state index contributed by atoms with van der Waals surface area (Å²) in [6, 6.07) is 1.49. The van der Waals surface area contributed by atoms with E-state index in [1.54, 1.807) is 0 Å². The lowest BCUT2D eigenvalue weighted by atomic mass is 9.98. The van der Waals surface area contributed by atoms with Crippen molar-refractivity contribution in [3.63, 3.8) is 0 Å². The molecule has 2 aliphatic rings. The summed E-state index contributed by atoms with van der Waals surface area (Å²) in [4.78, 5) is 2.53. The van der Waals surface area contributed by atoms with Gasteiger partial charge in [0.15, 0.2) is 0 Å². The fraction of sp³-hybridized carbons (Fsp3) is 1.00. The minimum Gasteiger partial charge on any atom is -0.315 e. The number of likely N-dealkylation sites (N-methyl/N-ethyl adjacent to an activating group) is 1. The fourth-order valence-electron chi connectivity index (χ4n) is 2.40. The van der Waals surface area contributed by atoms with Gasteiger partial charge in [0.2, 0.25) is 0 Å². The molecule has 0 aromatic rings. The quantitative estimate of drug-likeness (QED) is 0.663. The summed E-state index contributed by atoms with van der Waals surface area (Å²) < 4.78 is 0. The summed E-state index contributed by atoms with van der Waals surface area (Å²) in [6.07, 6.45) is 2.89. The zero-order chi connectivity index (χ0) is 8.77. The molecule has 1 saturated carbocycles. The molecular formula is C10H20N2. The molecule has 1 atom stereocenters. The van der Waals surface area contributed by atoms with Gasteiger partial charge in [-0.2, -0.15) is 0 Å². The molecular weight excluding hydrogens is 148 g/mol. The molecule has 0 bridgehead atoms. The van der Waals surface area contributed by atoms with Crippen LogP contribution in [0.4, 0.5) is 0 Å². The summed E-state index contributed by atoms with van der Waals surface area (Å²) in [6.45, 7) is 7.03. The molecule has 2 heteroatoms. The normalized spacial score (nSPS) is 32.2. The van der Waals surface area contributed by atoms with Gasteiger partial charge in [-0.05, 0) is 39.2 Å². The Morgan fingerprint density at radius 2 is 2.08 bits per heavy atom. The molecule has 0 amide bonds. The number of nitrogens with zero attached hydrogens (tertiary/aromatic N) is 1. The van der Waals surface area contributed by atoms with Crippen LogP contribution in [0.25, 0.3) is 0 Å². The van der Waals surface area contributed by atoms with Crippen LogP contribution in [0.3, 0.4) is 0 Å². The van der Waals surface area contributed by atoms with E-state index in [4.69, 9.17) is 0 Å². The van der Waals surface area contributed by atoms with Gasteiger partial charge < -0.3 is 5.32 Å². The van der Waals surface area contributed by atoms with E-state index >= 15 is 0 Å². The summed E-state index contributed by atoms with van der Waals surface area (Å²) in [5.41, 5.74) is 0.680. The summed E-state index contributed by atoms with van der Waals surface area (Å²) in [5, 5.41) is 3.52. The molecule has 1 aliphatic carbocycles. The van der Waals surface area contributed by atoms with Gasteiger partial charge in [-0.3, -0.25) is 4.90 Å². The Labute approximate surface area is 75.3 Å². The molecule has 0 radical (unpaired) electrons. The molecule has 12 heavy (non-hydrogen) atoms. The second kappa shape index (κ2) is 2.71. The van der Waals surface area contributed by atoms with Crippen LogP contribution in [0.1, 0.15) is 26.7 Å². The standard InChI is InChI=1S/C10H20N2/c1-8(2)12(3)9-6-11-7-10(9)4-5-10/h8-9,11H,4-7H2,1-3H3. The van der Waals surface area contributed by atoms with Crippen LogP contribution in [0, 0.1) is 5.41 Å². The number of hydrogen-bond donors (Lipinski definition) is 1. The van der Waals surface area contributed by atoms with Crippen molar-refractivity contribution in [2.45, 2.75) is 38.8 Å². The van der Waals surface area contributed by atoms with Crippen LogP contribution in [-0.4, -0.2) is 37.1 Å². The molecule has 1 aliphatic heterocycles. The highest BCUT2D eigenvalue weighted by molar-refractivity contribution is 5.09. The molecule has 1 saturated heterocycles. The van der Waals surface area contributed by atoms with Crippen LogP contribution in [0.5, 0.6) is 0 Å². The van der Waals surface area contributed by atoms with E-state index in [1.807, 2.05) is 0 Å². The summed E-state index contributed by atoms with van der Waals surface area (Å²) >= 11 is 0. The van der Waals surface area contributed by atoms with Gasteiger partial charge in [0.05, 0.1) is 0 Å². The third-order valence-electron chi connectivity index (χ3n) is 3.72. The van der Waals surface area contributed by atoms with Crippen LogP contribution in [-0.2, 0) is 0 Å². The van der Waals surface area contributed by atoms with Crippen molar-refractivity contribution in [2.75, 3.05) is 20.1 Å². The Balaban J connectivity index is 2.03. The lowest BCUT2D eigenvalue weighted by Crippen LogP contribution is -2.42. The van der Waals surface area contributed by atoms with Crippen molar-refractivity contribution in [1.29, 1.82) is 0 Å². The maximum Gasteiger partial charge on any atom is 0.0288 e. The summed E-state index contributed by atoms with van der Waals surface area (Å²) in [7, 11) is 2.27. The highest BCUT2D eigenvalue weighted by atomic mass is 15.2. The Kier molecular flexibility index (Phi) is 1.92. The predicted octanol–water partition coefficient (Wildman–Crippen LogP) is 1.08. The van der Waals surface area contributed by atoms with Crippen molar-refractivity contribution in [3.8, 4) is 0 Å². The first-order chi connectivity index (χ1) is 5.66. The molecule has 0 aromatic carbocycles. The van der Waals surface area contributed by atoms with E-state index in [0.29, 0.717) is 11.5 Å². The zero-order valence-corrected chi connectivity index (χ0v) is 8.43. The molecule has 2 rings (SSSR count). The second-order valence-electron chi connectivity index (χ2n) is 4.77. The molecule has 2 nitrogen and oxygen atoms in total. The minimum absolute atomic E-state index is 0.680. The highest BCUT2D eigenvalue weighted by Crippen LogP contribution is 2.52. The molecule has 70 valence electrons. The van der Waals surface area contributed by atoms with Crippen molar-refractivity contribution in [3.05, 3.63) is 0 Å². The smallest absolute Gasteiger partial charge is 0.0288 e. The average molecular weight is 168 g/mol. The average Bonchev–Trinajstić information content (AvgIpc) is 2.62. The van der Waals surface area contributed by atoms with E-state index in [0.717, 1.165) is 6.04 Å². The van der Waals surface area contributed by atoms with Crippen LogP contribution in [0.2, 0.25) is 0 Å². The predicted molar refractivity (Wildman–Crippen MR) is 51.2 cm³/mol. The zero-order valence-electron chi connectivity index (χ0n) is 8.43. The third kappa shape index (κ3) is 1.17. The Bertz CT molecular complexity index is 173. The summed E-state index contributed by atoms with van der Waals surface area (Å²) in [5.74, 6) is 0. The molecule has 1 heterocycles. The topological polar surface area (TPSA) is 15.3 Å². The highest BCUT2D eigenvalue weighted by Gasteiger charge is 2.53. The van der Waals surface area contributed by atoms with Gasteiger partial charge in [-0.25, -0.2) is 0 Å². The van der Waals surface area contributed by atoms with Gasteiger partial charge in [0.1, 0.15) is 0 Å². The first-order valence-electron chi connectivity index (χ1n) is 5.08. The minimum atomic E-state index is 0.680. The van der Waals surface area contributed by atoms with E-state index in [-0.39, 0.29) is 0 Å². The van der Waals surface area contributed by atoms with Crippen molar-refractivity contribution >= 4 is 0 Å². The SMILES string of the molecule is CC(C)N(C)C1CNCC12CC2. The van der Waals surface area contributed by atoms with E-state index < -0.39 is 0 Å². The van der Waals surface area contributed by atoms with E-state index in [2.05, 4.69) is 31.1 Å². The van der Waals surface area contributed by atoms with Gasteiger partial charge in [0, 0.05) is 25.2 Å².